The predicted molar refractivity (Wildman–Crippen MR) is 141 cm³/mol. The molecule has 0 saturated heterocycles. The van der Waals surface area contributed by atoms with Crippen LogP contribution in [0.4, 0.5) is 8.78 Å². The van der Waals surface area contributed by atoms with Crippen molar-refractivity contribution < 1.29 is 27.8 Å². The molecular weight excluding hydrogens is 539 g/mol. The van der Waals surface area contributed by atoms with Crippen molar-refractivity contribution in [2.75, 3.05) is 6.61 Å². The summed E-state index contributed by atoms with van der Waals surface area (Å²) in [7, 11) is 0. The van der Waals surface area contributed by atoms with Crippen molar-refractivity contribution in [1.82, 2.24) is 14.8 Å². The lowest BCUT2D eigenvalue weighted by molar-refractivity contribution is -0.157. The van der Waals surface area contributed by atoms with Crippen molar-refractivity contribution in [2.24, 2.45) is 0 Å². The molecule has 0 N–H and O–H groups in total. The van der Waals surface area contributed by atoms with Crippen LogP contribution >= 0.6 is 23.2 Å². The number of pyridine rings is 1. The third-order valence-electron chi connectivity index (χ3n) is 5.49. The molecule has 0 aliphatic rings. The number of ether oxygens (including phenoxy) is 3. The molecule has 0 atom stereocenters. The van der Waals surface area contributed by atoms with Gasteiger partial charge in [0.1, 0.15) is 11.4 Å². The number of hydrogen-bond acceptors (Lipinski definition) is 6. The van der Waals surface area contributed by atoms with Crippen LogP contribution in [-0.4, -0.2) is 39.6 Å². The summed E-state index contributed by atoms with van der Waals surface area (Å²) in [6.07, 6.45) is 3.43. The molecule has 0 saturated carbocycles. The number of carbonyl (C=O) groups excluding carboxylic acids is 1. The van der Waals surface area contributed by atoms with E-state index in [1.54, 1.807) is 44.6 Å². The minimum atomic E-state index is -3.09. The van der Waals surface area contributed by atoms with E-state index in [0.29, 0.717) is 27.3 Å². The van der Waals surface area contributed by atoms with Gasteiger partial charge in [-0.15, -0.1) is 0 Å². The summed E-state index contributed by atoms with van der Waals surface area (Å²) in [5.41, 5.74) is 2.15. The molecule has 4 rings (SSSR count). The monoisotopic (exact) mass is 563 g/mol. The summed E-state index contributed by atoms with van der Waals surface area (Å²) >= 11 is 12.3. The Hall–Kier alpha value is -3.43. The first-order chi connectivity index (χ1) is 17.9. The summed E-state index contributed by atoms with van der Waals surface area (Å²) in [4.78, 5) is 16.6. The van der Waals surface area contributed by atoms with E-state index in [1.807, 2.05) is 24.3 Å². The summed E-state index contributed by atoms with van der Waals surface area (Å²) in [5.74, 6) is -0.474. The first-order valence-electron chi connectivity index (χ1n) is 11.6. The lowest BCUT2D eigenvalue weighted by Gasteiger charge is -2.20. The molecule has 0 aliphatic carbocycles. The zero-order valence-electron chi connectivity index (χ0n) is 21.1. The van der Waals surface area contributed by atoms with Gasteiger partial charge in [0.05, 0.1) is 27.4 Å². The molecule has 0 radical (unpaired) electrons. The van der Waals surface area contributed by atoms with Gasteiger partial charge in [0.2, 0.25) is 5.88 Å². The van der Waals surface area contributed by atoms with Crippen molar-refractivity contribution in [3.63, 3.8) is 0 Å². The van der Waals surface area contributed by atoms with E-state index in [4.69, 9.17) is 37.4 Å². The number of hydrogen-bond donors (Lipinski definition) is 0. The lowest BCUT2D eigenvalue weighted by Crippen LogP contribution is -2.27. The van der Waals surface area contributed by atoms with Crippen molar-refractivity contribution in [3.05, 3.63) is 75.5 Å². The normalized spacial score (nSPS) is 11.7. The van der Waals surface area contributed by atoms with E-state index in [2.05, 4.69) is 10.1 Å². The average molecular weight is 564 g/mol. The zero-order chi connectivity index (χ0) is 27.6. The maximum atomic E-state index is 13.3. The number of halogens is 4. The second-order valence-electron chi connectivity index (χ2n) is 9.49. The van der Waals surface area contributed by atoms with Gasteiger partial charge in [-0.1, -0.05) is 35.3 Å². The van der Waals surface area contributed by atoms with Gasteiger partial charge in [-0.05, 0) is 63.1 Å². The van der Waals surface area contributed by atoms with Crippen molar-refractivity contribution >= 4 is 40.1 Å². The highest BCUT2D eigenvalue weighted by atomic mass is 35.5. The minimum Gasteiger partial charge on any atom is -0.481 e. The highest BCUT2D eigenvalue weighted by Crippen LogP contribution is 2.38. The number of nitrogens with zero attached hydrogens (tertiary/aromatic N) is 3. The number of benzene rings is 2. The summed E-state index contributed by atoms with van der Waals surface area (Å²) in [6, 6.07) is 10.5. The predicted octanol–water partition coefficient (Wildman–Crippen LogP) is 6.95. The standard InChI is InChI=1S/C27H25Cl2F2N3O4/c1-15-19(11-16-5-7-18(8-6-16)34-13-17(28)12-32-34)25(37-26(30)31)33-24-20(29)9-10-21(23(15)24)36-14-22(35)38-27(2,3)4/h5-10,12-13,26H,11,14H2,1-4H3. The SMILES string of the molecule is Cc1c(Cc2ccc(-n3cc(Cl)cn3)cc2)c(OC(F)F)nc2c(Cl)ccc(OCC(=O)OC(C)(C)C)c12. The first-order valence-corrected chi connectivity index (χ1v) is 12.4. The van der Waals surface area contributed by atoms with Crippen LogP contribution < -0.4 is 9.47 Å². The molecule has 0 fully saturated rings. The smallest absolute Gasteiger partial charge is 0.388 e. The molecule has 0 amide bonds. The van der Waals surface area contributed by atoms with Gasteiger partial charge in [-0.2, -0.15) is 13.9 Å². The Morgan fingerprint density at radius 1 is 1.11 bits per heavy atom. The molecule has 2 aromatic carbocycles. The Labute approximate surface area is 228 Å². The summed E-state index contributed by atoms with van der Waals surface area (Å²) < 4.78 is 44.2. The second-order valence-corrected chi connectivity index (χ2v) is 10.3. The van der Waals surface area contributed by atoms with Gasteiger partial charge >= 0.3 is 12.6 Å². The first kappa shape index (κ1) is 27.6. The molecule has 4 aromatic rings. The molecule has 2 aromatic heterocycles. The van der Waals surface area contributed by atoms with Crippen LogP contribution in [0.15, 0.2) is 48.8 Å². The van der Waals surface area contributed by atoms with Crippen LogP contribution in [0.2, 0.25) is 10.0 Å². The number of fused-ring (bicyclic) bond motifs is 1. The number of rotatable bonds is 8. The maximum absolute atomic E-state index is 13.3. The summed E-state index contributed by atoms with van der Waals surface area (Å²) in [6.45, 7) is 3.57. The van der Waals surface area contributed by atoms with Gasteiger partial charge in [-0.25, -0.2) is 14.5 Å². The largest absolute Gasteiger partial charge is 0.481 e. The zero-order valence-corrected chi connectivity index (χ0v) is 22.6. The maximum Gasteiger partial charge on any atom is 0.388 e. The van der Waals surface area contributed by atoms with Crippen LogP contribution in [0, 0.1) is 6.92 Å². The van der Waals surface area contributed by atoms with E-state index in [-0.39, 0.29) is 29.4 Å². The van der Waals surface area contributed by atoms with Crippen LogP contribution in [0.25, 0.3) is 16.6 Å². The Bertz CT molecular complexity index is 1470. The second kappa shape index (κ2) is 11.1. The highest BCUT2D eigenvalue weighted by molar-refractivity contribution is 6.35. The van der Waals surface area contributed by atoms with E-state index < -0.39 is 18.2 Å². The van der Waals surface area contributed by atoms with Crippen LogP contribution in [0.1, 0.15) is 37.5 Å². The topological polar surface area (TPSA) is 75.5 Å². The highest BCUT2D eigenvalue weighted by Gasteiger charge is 2.22. The van der Waals surface area contributed by atoms with Crippen LogP contribution in [0.5, 0.6) is 11.6 Å². The van der Waals surface area contributed by atoms with Gasteiger partial charge in [0, 0.05) is 23.6 Å². The van der Waals surface area contributed by atoms with E-state index in [9.17, 15) is 13.6 Å². The Morgan fingerprint density at radius 2 is 1.82 bits per heavy atom. The van der Waals surface area contributed by atoms with Crippen LogP contribution in [0.3, 0.4) is 0 Å². The van der Waals surface area contributed by atoms with Crippen molar-refractivity contribution in [3.8, 4) is 17.3 Å². The Kier molecular flexibility index (Phi) is 8.08. The van der Waals surface area contributed by atoms with Gasteiger partial charge in [0.25, 0.3) is 0 Å². The number of esters is 1. The molecule has 0 unspecified atom stereocenters. The fourth-order valence-corrected chi connectivity index (χ4v) is 4.27. The van der Waals surface area contributed by atoms with Gasteiger partial charge < -0.3 is 14.2 Å². The fourth-order valence-electron chi connectivity index (χ4n) is 3.93. The Balaban J connectivity index is 1.72. The van der Waals surface area contributed by atoms with E-state index >= 15 is 0 Å². The molecule has 2 heterocycles. The number of aromatic nitrogens is 3. The van der Waals surface area contributed by atoms with E-state index in [1.165, 1.54) is 12.3 Å². The third kappa shape index (κ3) is 6.52. The van der Waals surface area contributed by atoms with Crippen molar-refractivity contribution in [2.45, 2.75) is 46.3 Å². The quantitative estimate of drug-likeness (QED) is 0.216. The molecule has 0 bridgehead atoms. The van der Waals surface area contributed by atoms with Crippen LogP contribution in [-0.2, 0) is 16.0 Å². The third-order valence-corrected chi connectivity index (χ3v) is 5.99. The molecule has 11 heteroatoms. The van der Waals surface area contributed by atoms with Crippen molar-refractivity contribution in [1.29, 1.82) is 0 Å². The van der Waals surface area contributed by atoms with Gasteiger partial charge in [0.15, 0.2) is 6.61 Å². The minimum absolute atomic E-state index is 0.219. The lowest BCUT2D eigenvalue weighted by atomic mass is 9.97. The van der Waals surface area contributed by atoms with E-state index in [0.717, 1.165) is 11.3 Å². The number of carbonyl (C=O) groups is 1. The fraction of sp³-hybridized carbons (Fsp3) is 0.296. The van der Waals surface area contributed by atoms with Gasteiger partial charge in [-0.3, -0.25) is 0 Å². The molecule has 0 aliphatic heterocycles. The molecule has 0 spiro atoms. The molecule has 7 nitrogen and oxygen atoms in total. The number of aryl methyl sites for hydroxylation is 1. The Morgan fingerprint density at radius 3 is 2.42 bits per heavy atom. The number of alkyl halides is 2. The molecule has 38 heavy (non-hydrogen) atoms. The molecule has 200 valence electrons. The average Bonchev–Trinajstić information content (AvgIpc) is 3.26. The molecular formula is C27H25Cl2F2N3O4. The summed E-state index contributed by atoms with van der Waals surface area (Å²) in [5, 5.41) is 5.39.